The van der Waals surface area contributed by atoms with Crippen LogP contribution in [0.2, 0.25) is 0 Å². The minimum atomic E-state index is -0.603. The summed E-state index contributed by atoms with van der Waals surface area (Å²) in [4.78, 5) is 23.1. The number of hydrogen-bond acceptors (Lipinski definition) is 4. The zero-order chi connectivity index (χ0) is 15.4. The Hall–Kier alpha value is -2.83. The van der Waals surface area contributed by atoms with E-state index in [0.29, 0.717) is 5.82 Å². The molecule has 2 rings (SSSR count). The van der Waals surface area contributed by atoms with Crippen molar-refractivity contribution < 1.29 is 14.3 Å². The number of anilines is 1. The number of benzene rings is 1. The van der Waals surface area contributed by atoms with E-state index in [4.69, 9.17) is 10.5 Å². The van der Waals surface area contributed by atoms with E-state index >= 15 is 0 Å². The summed E-state index contributed by atoms with van der Waals surface area (Å²) < 4.78 is 6.90. The molecule has 1 aromatic heterocycles. The van der Waals surface area contributed by atoms with Gasteiger partial charge in [-0.15, -0.1) is 0 Å². The molecule has 7 heteroatoms. The Balaban J connectivity index is 1.99. The van der Waals surface area contributed by atoms with Gasteiger partial charge < -0.3 is 15.8 Å². The van der Waals surface area contributed by atoms with Crippen LogP contribution in [0.25, 0.3) is 0 Å². The Morgan fingerprint density at radius 3 is 2.71 bits per heavy atom. The first-order chi connectivity index (χ1) is 9.97. The highest BCUT2D eigenvalue weighted by Crippen LogP contribution is 2.17. The summed E-state index contributed by atoms with van der Waals surface area (Å²) in [6.07, 6.45) is 0. The third-order valence-electron chi connectivity index (χ3n) is 2.78. The molecule has 0 spiro atoms. The number of ether oxygens (including phenoxy) is 1. The molecular weight excluding hydrogens is 272 g/mol. The Morgan fingerprint density at radius 1 is 1.38 bits per heavy atom. The summed E-state index contributed by atoms with van der Waals surface area (Å²) in [6, 6.07) is 8.24. The van der Waals surface area contributed by atoms with Crippen molar-refractivity contribution in [3.8, 4) is 5.75 Å². The van der Waals surface area contributed by atoms with E-state index in [1.54, 1.807) is 42.1 Å². The molecule has 3 N–H and O–H groups in total. The first-order valence-electron chi connectivity index (χ1n) is 6.29. The molecule has 0 unspecified atom stereocenters. The fourth-order valence-electron chi connectivity index (χ4n) is 1.85. The second-order valence-corrected chi connectivity index (χ2v) is 4.49. The van der Waals surface area contributed by atoms with Crippen LogP contribution < -0.4 is 15.8 Å². The van der Waals surface area contributed by atoms with E-state index in [-0.39, 0.29) is 23.8 Å². The maximum atomic E-state index is 11.8. The van der Waals surface area contributed by atoms with Gasteiger partial charge >= 0.3 is 0 Å². The number of carbonyl (C=O) groups is 2. The number of rotatable bonds is 5. The van der Waals surface area contributed by atoms with Crippen molar-refractivity contribution in [2.24, 2.45) is 12.8 Å². The molecule has 2 aromatic rings. The van der Waals surface area contributed by atoms with Gasteiger partial charge in [0.2, 0.25) is 0 Å². The average molecular weight is 288 g/mol. The molecule has 110 valence electrons. The van der Waals surface area contributed by atoms with Crippen molar-refractivity contribution in [2.75, 3.05) is 11.9 Å². The maximum absolute atomic E-state index is 11.8. The standard InChI is InChI=1S/C14H16N4O3/c1-9-7-12(18(2)17-9)16-13(19)8-21-11-6-4-3-5-10(11)14(15)20/h3-7H,8H2,1-2H3,(H2,15,20)(H,16,19). The van der Waals surface area contributed by atoms with Gasteiger partial charge in [-0.3, -0.25) is 14.3 Å². The predicted octanol–water partition coefficient (Wildman–Crippen LogP) is 0.845. The molecule has 0 bridgehead atoms. The number of nitrogens with two attached hydrogens (primary N) is 1. The fraction of sp³-hybridized carbons (Fsp3) is 0.214. The Bertz CT molecular complexity index is 679. The van der Waals surface area contributed by atoms with Crippen LogP contribution >= 0.6 is 0 Å². The highest BCUT2D eigenvalue weighted by molar-refractivity contribution is 5.96. The maximum Gasteiger partial charge on any atom is 0.263 e. The molecule has 1 heterocycles. The molecule has 21 heavy (non-hydrogen) atoms. The van der Waals surface area contributed by atoms with Crippen molar-refractivity contribution in [2.45, 2.75) is 6.92 Å². The fourth-order valence-corrected chi connectivity index (χ4v) is 1.85. The van der Waals surface area contributed by atoms with Crippen molar-refractivity contribution >= 4 is 17.6 Å². The Morgan fingerprint density at radius 2 is 2.10 bits per heavy atom. The highest BCUT2D eigenvalue weighted by Gasteiger charge is 2.11. The van der Waals surface area contributed by atoms with Gasteiger partial charge in [0.15, 0.2) is 6.61 Å². The molecule has 1 aromatic carbocycles. The van der Waals surface area contributed by atoms with Crippen molar-refractivity contribution in [1.29, 1.82) is 0 Å². The number of nitrogens with zero attached hydrogens (tertiary/aromatic N) is 2. The van der Waals surface area contributed by atoms with Gasteiger partial charge in [0, 0.05) is 13.1 Å². The van der Waals surface area contributed by atoms with Gasteiger partial charge in [0.25, 0.3) is 11.8 Å². The monoisotopic (exact) mass is 288 g/mol. The van der Waals surface area contributed by atoms with Gasteiger partial charge in [-0.25, -0.2) is 0 Å². The first kappa shape index (κ1) is 14.6. The van der Waals surface area contributed by atoms with Crippen molar-refractivity contribution in [3.63, 3.8) is 0 Å². The lowest BCUT2D eigenvalue weighted by atomic mass is 10.2. The zero-order valence-corrected chi connectivity index (χ0v) is 11.8. The summed E-state index contributed by atoms with van der Waals surface area (Å²) >= 11 is 0. The molecule has 0 radical (unpaired) electrons. The van der Waals surface area contributed by atoms with Crippen molar-refractivity contribution in [3.05, 3.63) is 41.6 Å². The molecule has 0 aliphatic rings. The van der Waals surface area contributed by atoms with Crippen LogP contribution in [0, 0.1) is 6.92 Å². The van der Waals surface area contributed by atoms with Gasteiger partial charge in [-0.05, 0) is 19.1 Å². The van der Waals surface area contributed by atoms with Crippen LogP contribution in [0.3, 0.4) is 0 Å². The molecular formula is C14H16N4O3. The van der Waals surface area contributed by atoms with Crippen LogP contribution in [0.5, 0.6) is 5.75 Å². The number of hydrogen-bond donors (Lipinski definition) is 2. The Labute approximate surface area is 121 Å². The predicted molar refractivity (Wildman–Crippen MR) is 77.0 cm³/mol. The van der Waals surface area contributed by atoms with Crippen LogP contribution in [-0.4, -0.2) is 28.2 Å². The quantitative estimate of drug-likeness (QED) is 0.851. The lowest BCUT2D eigenvalue weighted by Gasteiger charge is -2.09. The molecule has 0 aliphatic carbocycles. The molecule has 0 fully saturated rings. The number of aryl methyl sites for hydroxylation is 2. The molecule has 0 aliphatic heterocycles. The van der Waals surface area contributed by atoms with Crippen LogP contribution in [0.1, 0.15) is 16.1 Å². The van der Waals surface area contributed by atoms with Gasteiger partial charge in [0.05, 0.1) is 11.3 Å². The van der Waals surface area contributed by atoms with Gasteiger partial charge in [-0.1, -0.05) is 12.1 Å². The van der Waals surface area contributed by atoms with E-state index in [1.165, 1.54) is 0 Å². The molecule has 7 nitrogen and oxygen atoms in total. The smallest absolute Gasteiger partial charge is 0.263 e. The largest absolute Gasteiger partial charge is 0.483 e. The highest BCUT2D eigenvalue weighted by atomic mass is 16.5. The van der Waals surface area contributed by atoms with Crippen molar-refractivity contribution in [1.82, 2.24) is 9.78 Å². The van der Waals surface area contributed by atoms with E-state index < -0.39 is 5.91 Å². The third-order valence-corrected chi connectivity index (χ3v) is 2.78. The van der Waals surface area contributed by atoms with Crippen LogP contribution in [0.15, 0.2) is 30.3 Å². The molecule has 2 amide bonds. The summed E-state index contributed by atoms with van der Waals surface area (Å²) in [5.41, 5.74) is 6.27. The number of primary amides is 1. The van der Waals surface area contributed by atoms with E-state index in [0.717, 1.165) is 5.69 Å². The molecule has 0 saturated heterocycles. The number of amides is 2. The van der Waals surface area contributed by atoms with Gasteiger partial charge in [0.1, 0.15) is 11.6 Å². The van der Waals surface area contributed by atoms with Crippen LogP contribution in [-0.2, 0) is 11.8 Å². The number of nitrogens with one attached hydrogen (secondary N) is 1. The number of para-hydroxylation sites is 1. The van der Waals surface area contributed by atoms with E-state index in [9.17, 15) is 9.59 Å². The molecule has 0 atom stereocenters. The Kier molecular flexibility index (Phi) is 4.22. The SMILES string of the molecule is Cc1cc(NC(=O)COc2ccccc2C(N)=O)n(C)n1. The third kappa shape index (κ3) is 3.59. The number of aromatic nitrogens is 2. The summed E-state index contributed by atoms with van der Waals surface area (Å²) in [7, 11) is 1.73. The second kappa shape index (κ2) is 6.08. The van der Waals surface area contributed by atoms with E-state index in [1.807, 2.05) is 6.92 Å². The molecule has 0 saturated carbocycles. The van der Waals surface area contributed by atoms with Crippen LogP contribution in [0.4, 0.5) is 5.82 Å². The lowest BCUT2D eigenvalue weighted by Crippen LogP contribution is -2.22. The second-order valence-electron chi connectivity index (χ2n) is 4.49. The zero-order valence-electron chi connectivity index (χ0n) is 11.8. The summed E-state index contributed by atoms with van der Waals surface area (Å²) in [5.74, 6) is -0.101. The topological polar surface area (TPSA) is 99.2 Å². The normalized spacial score (nSPS) is 10.2. The minimum Gasteiger partial charge on any atom is -0.483 e. The number of carbonyl (C=O) groups excluding carboxylic acids is 2. The minimum absolute atomic E-state index is 0.228. The van der Waals surface area contributed by atoms with E-state index in [2.05, 4.69) is 10.4 Å². The first-order valence-corrected chi connectivity index (χ1v) is 6.29. The summed E-state index contributed by atoms with van der Waals surface area (Å²) in [5, 5.41) is 6.79. The summed E-state index contributed by atoms with van der Waals surface area (Å²) in [6.45, 7) is 1.60. The average Bonchev–Trinajstić information content (AvgIpc) is 2.74. The van der Waals surface area contributed by atoms with Gasteiger partial charge in [-0.2, -0.15) is 5.10 Å². The lowest BCUT2D eigenvalue weighted by molar-refractivity contribution is -0.118.